The van der Waals surface area contributed by atoms with Crippen LogP contribution in [0.15, 0.2) is 23.3 Å². The number of carbonyl (C=O) groups is 1. The third kappa shape index (κ3) is 10.2. The van der Waals surface area contributed by atoms with Crippen molar-refractivity contribution in [2.24, 2.45) is 4.99 Å². The van der Waals surface area contributed by atoms with E-state index in [0.29, 0.717) is 19.0 Å². The van der Waals surface area contributed by atoms with Gasteiger partial charge >= 0.3 is 6.09 Å². The van der Waals surface area contributed by atoms with Crippen molar-refractivity contribution in [3.63, 3.8) is 0 Å². The lowest BCUT2D eigenvalue weighted by Gasteiger charge is -2.33. The van der Waals surface area contributed by atoms with Crippen molar-refractivity contribution in [1.82, 2.24) is 25.8 Å². The Bertz CT molecular complexity index is 740. The molecular formula is C22H40IN7O2. The fourth-order valence-electron chi connectivity index (χ4n) is 3.08. The predicted octanol–water partition coefficient (Wildman–Crippen LogP) is 2.42. The summed E-state index contributed by atoms with van der Waals surface area (Å²) in [6.45, 7) is 14.6. The molecule has 1 saturated heterocycles. The molecule has 32 heavy (non-hydrogen) atoms. The van der Waals surface area contributed by atoms with Crippen LogP contribution in [0.5, 0.6) is 0 Å². The van der Waals surface area contributed by atoms with Crippen molar-refractivity contribution >= 4 is 41.8 Å². The van der Waals surface area contributed by atoms with E-state index in [2.05, 4.69) is 54.9 Å². The topological polar surface area (TPSA) is 94.1 Å². The lowest BCUT2D eigenvalue weighted by Crippen LogP contribution is -2.54. The van der Waals surface area contributed by atoms with Crippen LogP contribution in [-0.2, 0) is 11.3 Å². The molecule has 0 aromatic carbocycles. The molecule has 1 aromatic rings. The third-order valence-electron chi connectivity index (χ3n) is 4.86. The Labute approximate surface area is 209 Å². The number of amides is 1. The first kappa shape index (κ1) is 28.2. The third-order valence-corrected chi connectivity index (χ3v) is 4.86. The predicted molar refractivity (Wildman–Crippen MR) is 141 cm³/mol. The number of aliphatic imine (C=N–C) groups is 1. The summed E-state index contributed by atoms with van der Waals surface area (Å²) in [7, 11) is 3.87. The largest absolute Gasteiger partial charge is 0.444 e. The number of hydrogen-bond donors (Lipinski definition) is 3. The molecule has 0 atom stereocenters. The highest BCUT2D eigenvalue weighted by atomic mass is 127. The molecule has 2 rings (SSSR count). The zero-order valence-corrected chi connectivity index (χ0v) is 22.8. The maximum Gasteiger partial charge on any atom is 0.408 e. The van der Waals surface area contributed by atoms with Gasteiger partial charge in [-0.25, -0.2) is 9.78 Å². The van der Waals surface area contributed by atoms with Crippen LogP contribution in [0, 0.1) is 0 Å². The monoisotopic (exact) mass is 561 g/mol. The zero-order valence-electron chi connectivity index (χ0n) is 20.5. The van der Waals surface area contributed by atoms with E-state index >= 15 is 0 Å². The van der Waals surface area contributed by atoms with Gasteiger partial charge in [0.2, 0.25) is 0 Å². The number of anilines is 1. The molecule has 2 heterocycles. The molecule has 0 unspecified atom stereocenters. The molecule has 0 spiro atoms. The molecule has 1 aliphatic heterocycles. The molecule has 182 valence electrons. The Morgan fingerprint density at radius 3 is 2.31 bits per heavy atom. The van der Waals surface area contributed by atoms with Gasteiger partial charge in [-0.1, -0.05) is 6.07 Å². The minimum Gasteiger partial charge on any atom is -0.444 e. The highest BCUT2D eigenvalue weighted by Crippen LogP contribution is 2.13. The number of pyridine rings is 1. The fourth-order valence-corrected chi connectivity index (χ4v) is 3.08. The number of hydrogen-bond acceptors (Lipinski definition) is 6. The van der Waals surface area contributed by atoms with Crippen LogP contribution in [-0.4, -0.2) is 79.9 Å². The smallest absolute Gasteiger partial charge is 0.408 e. The minimum absolute atomic E-state index is 0. The van der Waals surface area contributed by atoms with E-state index in [-0.39, 0.29) is 24.0 Å². The van der Waals surface area contributed by atoms with Crippen molar-refractivity contribution in [2.75, 3.05) is 51.7 Å². The lowest BCUT2D eigenvalue weighted by molar-refractivity contribution is 0.0474. The molecule has 3 N–H and O–H groups in total. The Morgan fingerprint density at radius 1 is 1.12 bits per heavy atom. The summed E-state index contributed by atoms with van der Waals surface area (Å²) < 4.78 is 5.33. The van der Waals surface area contributed by atoms with Gasteiger partial charge in [0.1, 0.15) is 11.4 Å². The van der Waals surface area contributed by atoms with E-state index in [1.807, 2.05) is 40.8 Å². The highest BCUT2D eigenvalue weighted by Gasteiger charge is 2.24. The van der Waals surface area contributed by atoms with E-state index in [1.54, 1.807) is 7.05 Å². The summed E-state index contributed by atoms with van der Waals surface area (Å²) in [5, 5.41) is 9.42. The molecule has 0 bridgehead atoms. The molecule has 1 fully saturated rings. The van der Waals surface area contributed by atoms with Crippen molar-refractivity contribution in [3.05, 3.63) is 23.9 Å². The highest BCUT2D eigenvalue weighted by molar-refractivity contribution is 14.0. The van der Waals surface area contributed by atoms with E-state index < -0.39 is 17.2 Å². The number of piperazine rings is 1. The van der Waals surface area contributed by atoms with Crippen LogP contribution >= 0.6 is 24.0 Å². The molecule has 0 saturated carbocycles. The average molecular weight is 562 g/mol. The van der Waals surface area contributed by atoms with Gasteiger partial charge in [0.05, 0.1) is 5.54 Å². The van der Waals surface area contributed by atoms with E-state index in [0.717, 1.165) is 37.6 Å². The van der Waals surface area contributed by atoms with E-state index in [9.17, 15) is 4.79 Å². The van der Waals surface area contributed by atoms with Gasteiger partial charge in [-0.15, -0.1) is 24.0 Å². The van der Waals surface area contributed by atoms with Crippen LogP contribution < -0.4 is 20.9 Å². The van der Waals surface area contributed by atoms with Gasteiger partial charge in [0.15, 0.2) is 5.96 Å². The Morgan fingerprint density at radius 2 is 1.78 bits per heavy atom. The van der Waals surface area contributed by atoms with Crippen molar-refractivity contribution in [3.8, 4) is 0 Å². The maximum absolute atomic E-state index is 12.0. The number of ether oxygens (including phenoxy) is 1. The summed E-state index contributed by atoms with van der Waals surface area (Å²) in [6.07, 6.45) is 1.47. The number of nitrogens with one attached hydrogen (secondary N) is 3. The second-order valence-electron chi connectivity index (χ2n) is 9.61. The average Bonchev–Trinajstić information content (AvgIpc) is 2.67. The quantitative estimate of drug-likeness (QED) is 0.279. The first-order valence-corrected chi connectivity index (χ1v) is 10.8. The standard InChI is InChI=1S/C22H39N7O2.HI/c1-21(2,3)31-20(30)27-22(4,5)16-26-19(23-6)25-15-17-8-9-18(24-14-17)29-12-10-28(7)11-13-29;/h8-9,14H,10-13,15-16H2,1-7H3,(H,27,30)(H2,23,25,26);1H. The van der Waals surface area contributed by atoms with Crippen LogP contribution in [0.1, 0.15) is 40.2 Å². The van der Waals surface area contributed by atoms with E-state index in [1.165, 1.54) is 0 Å². The number of guanidine groups is 1. The maximum atomic E-state index is 12.0. The van der Waals surface area contributed by atoms with Gasteiger partial charge in [-0.2, -0.15) is 0 Å². The summed E-state index contributed by atoms with van der Waals surface area (Å²) in [5.41, 5.74) is 0.0390. The summed E-state index contributed by atoms with van der Waals surface area (Å²) in [6, 6.07) is 4.17. The number of halogens is 1. The molecule has 1 aromatic heterocycles. The van der Waals surface area contributed by atoms with Gasteiger partial charge in [-0.05, 0) is 53.3 Å². The number of likely N-dealkylation sites (N-methyl/N-ethyl adjacent to an activating group) is 1. The number of rotatable bonds is 6. The lowest BCUT2D eigenvalue weighted by atomic mass is 10.1. The van der Waals surface area contributed by atoms with Gasteiger partial charge in [0.25, 0.3) is 0 Å². The Kier molecular flexibility index (Phi) is 11.0. The minimum atomic E-state index is -0.529. The number of aromatic nitrogens is 1. The zero-order chi connectivity index (χ0) is 23.1. The number of carbonyl (C=O) groups excluding carboxylic acids is 1. The van der Waals surface area contributed by atoms with Gasteiger partial charge < -0.3 is 30.5 Å². The van der Waals surface area contributed by atoms with Crippen molar-refractivity contribution in [2.45, 2.75) is 52.3 Å². The Hall–Kier alpha value is -1.82. The molecule has 1 amide bonds. The van der Waals surface area contributed by atoms with Crippen molar-refractivity contribution in [1.29, 1.82) is 0 Å². The summed E-state index contributed by atoms with van der Waals surface area (Å²) in [4.78, 5) is 25.6. The second-order valence-corrected chi connectivity index (χ2v) is 9.61. The Balaban J connectivity index is 0.00000512. The van der Waals surface area contributed by atoms with Crippen LogP contribution in [0.2, 0.25) is 0 Å². The SMILES string of the molecule is CN=C(NCc1ccc(N2CCN(C)CC2)nc1)NCC(C)(C)NC(=O)OC(C)(C)C.I. The number of nitrogens with zero attached hydrogens (tertiary/aromatic N) is 4. The van der Waals surface area contributed by atoms with Crippen LogP contribution in [0.4, 0.5) is 10.6 Å². The van der Waals surface area contributed by atoms with Gasteiger partial charge in [-0.3, -0.25) is 4.99 Å². The van der Waals surface area contributed by atoms with E-state index in [4.69, 9.17) is 4.74 Å². The van der Waals surface area contributed by atoms with Crippen molar-refractivity contribution < 1.29 is 9.53 Å². The molecule has 1 aliphatic rings. The first-order valence-electron chi connectivity index (χ1n) is 10.8. The van der Waals surface area contributed by atoms with Crippen LogP contribution in [0.3, 0.4) is 0 Å². The normalized spacial score (nSPS) is 15.6. The summed E-state index contributed by atoms with van der Waals surface area (Å²) >= 11 is 0. The number of alkyl carbamates (subject to hydrolysis) is 1. The fraction of sp³-hybridized carbons (Fsp3) is 0.682. The molecule has 10 heteroatoms. The molecule has 9 nitrogen and oxygen atoms in total. The molecule has 0 radical (unpaired) electrons. The van der Waals surface area contributed by atoms with Gasteiger partial charge in [0, 0.05) is 52.5 Å². The van der Waals surface area contributed by atoms with Crippen LogP contribution in [0.25, 0.3) is 0 Å². The first-order chi connectivity index (χ1) is 14.5. The molecular weight excluding hydrogens is 521 g/mol. The molecule has 0 aliphatic carbocycles. The second kappa shape index (κ2) is 12.4. The summed E-state index contributed by atoms with van der Waals surface area (Å²) in [5.74, 6) is 1.68.